The highest BCUT2D eigenvalue weighted by Gasteiger charge is 3.10. The Morgan fingerprint density at radius 2 is 0.466 bits per heavy atom. The second-order valence-corrected chi connectivity index (χ2v) is 118. The van der Waals surface area contributed by atoms with Crippen LogP contribution in [0.3, 0.4) is 0 Å². The average Bonchev–Trinajstić information content (AvgIpc) is 3.61. The lowest BCUT2D eigenvalue weighted by Gasteiger charge is -2.92. The molecule has 0 aromatic heterocycles. The minimum atomic E-state index is -3.09. The molecule has 58 heavy (non-hydrogen) atoms. The van der Waals surface area contributed by atoms with Crippen LogP contribution in [0.5, 0.6) is 0 Å². The van der Waals surface area contributed by atoms with Gasteiger partial charge < -0.3 is 0 Å². The predicted octanol–water partition coefficient (Wildman–Crippen LogP) is 15.0. The summed E-state index contributed by atoms with van der Waals surface area (Å²) in [4.78, 5) is 0. The Hall–Kier alpha value is 1.62. The van der Waals surface area contributed by atoms with Gasteiger partial charge in [-0.1, -0.05) is 243 Å². The van der Waals surface area contributed by atoms with Crippen molar-refractivity contribution in [2.24, 2.45) is 0 Å². The third-order valence-corrected chi connectivity index (χ3v) is 190. The van der Waals surface area contributed by atoms with Crippen molar-refractivity contribution in [3.63, 3.8) is 0 Å². The molecule has 0 nitrogen and oxygen atoms in total. The smallest absolute Gasteiger partial charge is 0.165 e. The molecule has 0 radical (unpaired) electrons. The molecule has 5 rings (SSSR count). The summed E-state index contributed by atoms with van der Waals surface area (Å²) < 4.78 is 1.38. The van der Waals surface area contributed by atoms with Gasteiger partial charge in [-0.25, -0.2) is 0 Å². The fourth-order valence-corrected chi connectivity index (χ4v) is 368. The Morgan fingerprint density at radius 3 is 0.603 bits per heavy atom. The highest BCUT2D eigenvalue weighted by Crippen LogP contribution is 2.93. The minimum absolute atomic E-state index is 0.345. The Kier molecular flexibility index (Phi) is 12.3. The third kappa shape index (κ3) is 5.25. The highest BCUT2D eigenvalue weighted by atomic mass is 35.6. The molecule has 2 aromatic rings. The van der Waals surface area contributed by atoms with Gasteiger partial charge in [0, 0.05) is 64.6 Å². The van der Waals surface area contributed by atoms with Crippen molar-refractivity contribution in [2.45, 2.75) is 200 Å². The van der Waals surface area contributed by atoms with E-state index in [4.69, 9.17) is 0 Å². The molecular weight excluding hydrogens is 936 g/mol. The minimum Gasteiger partial charge on any atom is -0.169 e. The molecule has 2 aromatic carbocycles. The normalized spacial score (nSPS) is 28.2. The van der Waals surface area contributed by atoms with Crippen LogP contribution in [0, 0.1) is 0 Å². The largest absolute Gasteiger partial charge is 0.169 e. The summed E-state index contributed by atoms with van der Waals surface area (Å²) in [7, 11) is -21.9. The first kappa shape index (κ1) is 50.6. The summed E-state index contributed by atoms with van der Waals surface area (Å²) in [5, 5.41) is 3.48. The van der Waals surface area contributed by atoms with Gasteiger partial charge >= 0.3 is 0 Å². The molecule has 328 valence electrons. The fraction of sp³-hybridized carbons (Fsp3) is 0.727. The van der Waals surface area contributed by atoms with Crippen LogP contribution in [0.4, 0.5) is 0 Å². The topological polar surface area (TPSA) is 0 Å². The molecule has 0 bridgehead atoms. The first-order chi connectivity index (χ1) is 25.6. The summed E-state index contributed by atoms with van der Waals surface area (Å²) in [6.45, 7) is 69.5. The van der Waals surface area contributed by atoms with E-state index in [-0.39, 0.29) is 0 Å². The maximum absolute atomic E-state index is 10.7. The number of hydrogen-bond acceptors (Lipinski definition) is 0. The second-order valence-electron chi connectivity index (χ2n) is 28.2. The molecule has 3 heterocycles. The van der Waals surface area contributed by atoms with Gasteiger partial charge in [0.05, 0.1) is 14.2 Å². The Balaban J connectivity index is 2.49. The lowest BCUT2D eigenvalue weighted by atomic mass is 10.4. The van der Waals surface area contributed by atoms with E-state index in [1.54, 1.807) is 10.4 Å². The first-order valence-electron chi connectivity index (χ1n) is 23.1. The van der Waals surface area contributed by atoms with Crippen molar-refractivity contribution in [3.8, 4) is 0 Å². The van der Waals surface area contributed by atoms with E-state index >= 15 is 0 Å². The van der Waals surface area contributed by atoms with Gasteiger partial charge in [0.2, 0.25) is 0 Å². The van der Waals surface area contributed by atoms with Crippen LogP contribution in [0.2, 0.25) is 174 Å². The average molecular weight is 1030 g/mol. The van der Waals surface area contributed by atoms with Crippen LogP contribution < -0.4 is 10.4 Å². The van der Waals surface area contributed by atoms with Crippen LogP contribution in [0.25, 0.3) is 0 Å². The zero-order valence-corrected chi connectivity index (χ0v) is 55.9. The molecule has 0 atom stereocenters. The molecule has 0 saturated carbocycles. The van der Waals surface area contributed by atoms with Crippen molar-refractivity contribution < 1.29 is 0 Å². The molecule has 3 aliphatic heterocycles. The lowest BCUT2D eigenvalue weighted by molar-refractivity contribution is 0.763. The Bertz CT molecular complexity index is 1570. The van der Waals surface area contributed by atoms with Gasteiger partial charge in [0.15, 0.2) is 12.8 Å². The van der Waals surface area contributed by atoms with Gasteiger partial charge in [-0.05, 0) is 27.5 Å². The third-order valence-electron chi connectivity index (χ3n) is 19.0. The van der Waals surface area contributed by atoms with Crippen molar-refractivity contribution in [3.05, 3.63) is 60.7 Å². The van der Waals surface area contributed by atoms with Gasteiger partial charge in [-0.2, -0.15) is 22.2 Å². The van der Waals surface area contributed by atoms with Crippen molar-refractivity contribution in [1.82, 2.24) is 0 Å². The van der Waals surface area contributed by atoms with E-state index in [0.29, 0.717) is 17.1 Å². The number of rotatable bonds is 10. The predicted molar refractivity (Wildman–Crippen MR) is 303 cm³/mol. The van der Waals surface area contributed by atoms with Gasteiger partial charge in [-0.3, -0.25) is 0 Å². The van der Waals surface area contributed by atoms with Crippen LogP contribution in [0.15, 0.2) is 60.7 Å². The molecule has 0 unspecified atom stereocenters. The van der Waals surface area contributed by atoms with Gasteiger partial charge in [0.25, 0.3) is 0 Å². The zero-order chi connectivity index (χ0) is 45.1. The highest BCUT2D eigenvalue weighted by molar-refractivity contribution is 8.32. The molecule has 0 amide bonds. The van der Waals surface area contributed by atoms with Crippen molar-refractivity contribution in [1.29, 1.82) is 0 Å². The molecular formula is C44H90Cl2Si12. The monoisotopic (exact) mass is 1020 g/mol. The molecule has 3 aliphatic rings. The van der Waals surface area contributed by atoms with Crippen LogP contribution in [0.1, 0.15) is 25.7 Å². The van der Waals surface area contributed by atoms with Crippen molar-refractivity contribution >= 4 is 124 Å². The molecule has 3 fully saturated rings. The van der Waals surface area contributed by atoms with Gasteiger partial charge in [0.1, 0.15) is 0 Å². The zero-order valence-electron chi connectivity index (χ0n) is 42.4. The van der Waals surface area contributed by atoms with Gasteiger partial charge in [-0.15, -0.1) is 0 Å². The summed E-state index contributed by atoms with van der Waals surface area (Å²) in [6.07, 6.45) is -0.429. The fourth-order valence-electron chi connectivity index (χ4n) is 19.8. The summed E-state index contributed by atoms with van der Waals surface area (Å²) in [5.41, 5.74) is 0. The van der Waals surface area contributed by atoms with Crippen LogP contribution in [-0.4, -0.2) is 91.6 Å². The van der Waals surface area contributed by atoms with E-state index in [2.05, 4.69) is 218 Å². The maximum atomic E-state index is 10.7. The van der Waals surface area contributed by atoms with Crippen LogP contribution >= 0.6 is 22.2 Å². The van der Waals surface area contributed by atoms with E-state index in [9.17, 15) is 22.2 Å². The molecule has 0 N–H and O–H groups in total. The lowest BCUT2D eigenvalue weighted by Crippen LogP contribution is -3.20. The molecule has 2 spiro atoms. The van der Waals surface area contributed by atoms with Crippen molar-refractivity contribution in [2.75, 3.05) is 0 Å². The second kappa shape index (κ2) is 14.1. The SMILES string of the molecule is C[Si](C)(C)C1([Si](C)(C)C)CCC([Si](C)(C)C)([Si](C)(C)C)[Si]12[Si](Cl)(c1ccccc1)[Si]1(C([Si](C)(C)C)([Si](C)(C)C)CCC1([Si](C)(C)C)[Si](C)(C)C)[Si]2(Cl)c1ccccc1. The molecule has 3 saturated heterocycles. The molecule has 0 aliphatic carbocycles. The summed E-state index contributed by atoms with van der Waals surface area (Å²) in [5.74, 6) is 0. The summed E-state index contributed by atoms with van der Waals surface area (Å²) >= 11 is 21.3. The molecule has 14 heteroatoms. The van der Waals surface area contributed by atoms with Crippen LogP contribution in [-0.2, 0) is 0 Å². The standard InChI is InChI=1S/C44H90Cl2Si12/c1-47(2,3)41(48(4,5)6)35-36-42(49(7,8)9,50(10,11)12)57(41)55(45,39-31-27-25-28-32-39)58(56(57,46)40-33-29-26-30-34-40)43(51(13,14)15,52(16,17)18)37-38-44(58,53(19,20)21)54(22,23)24/h25-34H,35-38H2,1-24H3. The number of hydrogen-bond donors (Lipinski definition) is 0. The number of halogens is 2. The number of benzene rings is 2. The van der Waals surface area contributed by atoms with E-state index in [1.165, 1.54) is 25.7 Å². The van der Waals surface area contributed by atoms with E-state index < -0.39 is 91.6 Å². The Morgan fingerprint density at radius 1 is 0.310 bits per heavy atom. The quantitative estimate of drug-likeness (QED) is 0.164. The first-order valence-corrected chi connectivity index (χ1v) is 65.1. The maximum Gasteiger partial charge on any atom is 0.165 e. The Labute approximate surface area is 381 Å². The van der Waals surface area contributed by atoms with E-state index in [1.807, 2.05) is 0 Å². The van der Waals surface area contributed by atoms with E-state index in [0.717, 1.165) is 0 Å². The summed E-state index contributed by atoms with van der Waals surface area (Å²) in [6, 6.07) is 25.5.